The Labute approximate surface area is 116 Å². The lowest BCUT2D eigenvalue weighted by Gasteiger charge is -2.22. The van der Waals surface area contributed by atoms with Gasteiger partial charge >= 0.3 is 11.9 Å². The van der Waals surface area contributed by atoms with Gasteiger partial charge in [0, 0.05) is 12.0 Å². The zero-order valence-electron chi connectivity index (χ0n) is 11.2. The van der Waals surface area contributed by atoms with Gasteiger partial charge in [-0.2, -0.15) is 0 Å². The Morgan fingerprint density at radius 2 is 2.05 bits per heavy atom. The van der Waals surface area contributed by atoms with Gasteiger partial charge in [0.05, 0.1) is 17.6 Å². The summed E-state index contributed by atoms with van der Waals surface area (Å²) >= 11 is 0. The second-order valence-corrected chi connectivity index (χ2v) is 5.49. The highest BCUT2D eigenvalue weighted by atomic mass is 16.6. The minimum atomic E-state index is -0.870. The fraction of sp³-hybridized carbons (Fsp3) is 0.467. The predicted octanol–water partition coefficient (Wildman–Crippen LogP) is 1.04. The number of ether oxygens (including phenoxy) is 2. The maximum Gasteiger partial charge on any atom is 0.337 e. The van der Waals surface area contributed by atoms with E-state index in [0.29, 0.717) is 18.4 Å². The van der Waals surface area contributed by atoms with Gasteiger partial charge in [0.2, 0.25) is 0 Å². The van der Waals surface area contributed by atoms with E-state index in [-0.39, 0.29) is 17.6 Å². The molecule has 0 aromatic rings. The van der Waals surface area contributed by atoms with Crippen LogP contribution >= 0.6 is 0 Å². The molecular formula is C15H16O5. The summed E-state index contributed by atoms with van der Waals surface area (Å²) in [6, 6.07) is 0. The lowest BCUT2D eigenvalue weighted by atomic mass is 9.86. The van der Waals surface area contributed by atoms with Crippen LogP contribution in [0.5, 0.6) is 0 Å². The van der Waals surface area contributed by atoms with Crippen LogP contribution in [0.3, 0.4) is 0 Å². The molecule has 3 aliphatic rings. The summed E-state index contributed by atoms with van der Waals surface area (Å²) in [4.78, 5) is 23.5. The zero-order chi connectivity index (χ0) is 14.4. The van der Waals surface area contributed by atoms with E-state index in [4.69, 9.17) is 9.47 Å². The summed E-state index contributed by atoms with van der Waals surface area (Å²) < 4.78 is 10.6. The average Bonchev–Trinajstić information content (AvgIpc) is 2.88. The van der Waals surface area contributed by atoms with E-state index in [1.54, 1.807) is 6.08 Å². The molecule has 3 rings (SSSR count). The average molecular weight is 276 g/mol. The first-order chi connectivity index (χ1) is 9.47. The zero-order valence-corrected chi connectivity index (χ0v) is 11.2. The monoisotopic (exact) mass is 276 g/mol. The van der Waals surface area contributed by atoms with Crippen molar-refractivity contribution in [2.45, 2.75) is 38.1 Å². The number of rotatable bonds is 0. The second-order valence-electron chi connectivity index (χ2n) is 5.49. The third-order valence-corrected chi connectivity index (χ3v) is 4.07. The molecule has 20 heavy (non-hydrogen) atoms. The highest BCUT2D eigenvalue weighted by Gasteiger charge is 2.47. The molecule has 1 saturated heterocycles. The molecule has 1 N–H and O–H groups in total. The Hall–Kier alpha value is -1.88. The summed E-state index contributed by atoms with van der Waals surface area (Å²) in [6.45, 7) is 5.67. The number of hydrogen-bond donors (Lipinski definition) is 1. The second kappa shape index (κ2) is 4.59. The van der Waals surface area contributed by atoms with Crippen LogP contribution < -0.4 is 0 Å². The molecule has 4 unspecified atom stereocenters. The molecule has 0 radical (unpaired) electrons. The third-order valence-electron chi connectivity index (χ3n) is 4.07. The predicted molar refractivity (Wildman–Crippen MR) is 69.5 cm³/mol. The summed E-state index contributed by atoms with van der Waals surface area (Å²) in [5, 5.41) is 10.0. The number of fused-ring (bicyclic) bond motifs is 3. The van der Waals surface area contributed by atoms with Crippen LogP contribution in [0.15, 0.2) is 35.5 Å². The van der Waals surface area contributed by atoms with Crippen LogP contribution in [0.4, 0.5) is 0 Å². The van der Waals surface area contributed by atoms with Gasteiger partial charge in [-0.05, 0) is 19.4 Å². The third kappa shape index (κ3) is 1.98. The number of aliphatic hydroxyl groups excluding tert-OH is 1. The van der Waals surface area contributed by atoms with Gasteiger partial charge in [-0.25, -0.2) is 9.59 Å². The molecule has 4 atom stereocenters. The quantitative estimate of drug-likeness (QED) is 0.406. The molecule has 0 amide bonds. The molecule has 106 valence electrons. The molecule has 0 saturated carbocycles. The van der Waals surface area contributed by atoms with Crippen LogP contribution in [0.2, 0.25) is 0 Å². The van der Waals surface area contributed by atoms with Crippen molar-refractivity contribution in [2.24, 2.45) is 5.92 Å². The summed E-state index contributed by atoms with van der Waals surface area (Å²) in [5.41, 5.74) is 1.59. The number of esters is 2. The number of carbonyl (C=O) groups excluding carboxylic acids is 2. The molecule has 5 nitrogen and oxygen atoms in total. The van der Waals surface area contributed by atoms with Gasteiger partial charge in [0.1, 0.15) is 12.2 Å². The minimum absolute atomic E-state index is 0.256. The van der Waals surface area contributed by atoms with Crippen molar-refractivity contribution in [3.05, 3.63) is 35.5 Å². The lowest BCUT2D eigenvalue weighted by Crippen LogP contribution is -2.29. The van der Waals surface area contributed by atoms with Gasteiger partial charge < -0.3 is 14.6 Å². The van der Waals surface area contributed by atoms with Gasteiger partial charge in [-0.15, -0.1) is 0 Å². The topological polar surface area (TPSA) is 72.8 Å². The first kappa shape index (κ1) is 13.1. The molecule has 2 heterocycles. The van der Waals surface area contributed by atoms with Crippen LogP contribution in [-0.4, -0.2) is 35.4 Å². The molecule has 1 aliphatic carbocycles. The van der Waals surface area contributed by atoms with Crippen molar-refractivity contribution in [3.63, 3.8) is 0 Å². The van der Waals surface area contributed by atoms with Crippen molar-refractivity contribution in [1.29, 1.82) is 0 Å². The molecule has 0 aromatic heterocycles. The van der Waals surface area contributed by atoms with Crippen molar-refractivity contribution in [2.75, 3.05) is 0 Å². The Morgan fingerprint density at radius 1 is 1.30 bits per heavy atom. The maximum absolute atomic E-state index is 11.8. The van der Waals surface area contributed by atoms with Gasteiger partial charge in [0.15, 0.2) is 0 Å². The van der Waals surface area contributed by atoms with E-state index in [1.807, 2.05) is 13.0 Å². The first-order valence-electron chi connectivity index (χ1n) is 6.63. The molecule has 1 fully saturated rings. The van der Waals surface area contributed by atoms with E-state index in [0.717, 1.165) is 5.57 Å². The molecule has 5 heteroatoms. The van der Waals surface area contributed by atoms with Crippen LogP contribution in [0, 0.1) is 5.92 Å². The maximum atomic E-state index is 11.8. The Morgan fingerprint density at radius 3 is 2.80 bits per heavy atom. The Balaban J connectivity index is 2.02. The first-order valence-corrected chi connectivity index (χ1v) is 6.63. The molecule has 2 aliphatic heterocycles. The standard InChI is InChI=1S/C15H16O5/c1-7-3-4-10(16)9-6-12(20-15(9)18)13-8(2)14(17)19-11(13)5-7/h3,6,10-13,16H,2,4-5H2,1H3. The Kier molecular flexibility index (Phi) is 3.01. The fourth-order valence-electron chi connectivity index (χ4n) is 2.96. The van der Waals surface area contributed by atoms with Crippen molar-refractivity contribution >= 4 is 11.9 Å². The van der Waals surface area contributed by atoms with Crippen molar-refractivity contribution in [1.82, 2.24) is 0 Å². The van der Waals surface area contributed by atoms with Gasteiger partial charge in [-0.1, -0.05) is 18.2 Å². The summed E-state index contributed by atoms with van der Waals surface area (Å²) in [7, 11) is 0. The smallest absolute Gasteiger partial charge is 0.337 e. The number of carbonyl (C=O) groups is 2. The minimum Gasteiger partial charge on any atom is -0.458 e. The number of hydrogen-bond acceptors (Lipinski definition) is 5. The van der Waals surface area contributed by atoms with E-state index in [1.165, 1.54) is 0 Å². The Bertz CT molecular complexity index is 557. The fourth-order valence-corrected chi connectivity index (χ4v) is 2.96. The molecular weight excluding hydrogens is 260 g/mol. The van der Waals surface area contributed by atoms with Crippen molar-refractivity contribution in [3.8, 4) is 0 Å². The van der Waals surface area contributed by atoms with E-state index >= 15 is 0 Å². The molecule has 0 aromatic carbocycles. The van der Waals surface area contributed by atoms with Crippen molar-refractivity contribution < 1.29 is 24.2 Å². The lowest BCUT2D eigenvalue weighted by molar-refractivity contribution is -0.143. The molecule has 0 spiro atoms. The van der Waals surface area contributed by atoms with E-state index in [9.17, 15) is 14.7 Å². The van der Waals surface area contributed by atoms with Gasteiger partial charge in [0.25, 0.3) is 0 Å². The van der Waals surface area contributed by atoms with Crippen LogP contribution in [0.25, 0.3) is 0 Å². The highest BCUT2D eigenvalue weighted by Crippen LogP contribution is 2.38. The highest BCUT2D eigenvalue weighted by molar-refractivity contribution is 5.94. The molecule has 2 bridgehead atoms. The summed E-state index contributed by atoms with van der Waals surface area (Å²) in [5.74, 6) is -1.34. The van der Waals surface area contributed by atoms with Crippen LogP contribution in [-0.2, 0) is 19.1 Å². The summed E-state index contributed by atoms with van der Waals surface area (Å²) in [6.07, 6.45) is 2.56. The van der Waals surface area contributed by atoms with Crippen LogP contribution in [0.1, 0.15) is 19.8 Å². The normalized spacial score (nSPS) is 36.8. The van der Waals surface area contributed by atoms with E-state index < -0.39 is 24.1 Å². The SMILES string of the molecule is C=C1C(=O)OC2CC(C)=CCC(O)C3=CC(OC3=O)C12. The van der Waals surface area contributed by atoms with E-state index in [2.05, 4.69) is 6.58 Å². The van der Waals surface area contributed by atoms with Gasteiger partial charge in [-0.3, -0.25) is 0 Å². The largest absolute Gasteiger partial charge is 0.458 e. The number of aliphatic hydroxyl groups is 1.